The summed E-state index contributed by atoms with van der Waals surface area (Å²) in [5, 5.41) is 0. The molecule has 0 aromatic heterocycles. The topological polar surface area (TPSA) is 35.5 Å². The molecular formula is C16H18O3. The molecule has 0 radical (unpaired) electrons. The number of hydrogen-bond acceptors (Lipinski definition) is 3. The van der Waals surface area contributed by atoms with Crippen LogP contribution in [0.3, 0.4) is 0 Å². The molecule has 0 bridgehead atoms. The normalized spacial score (nSPS) is 34.7. The van der Waals surface area contributed by atoms with E-state index in [2.05, 4.69) is 13.0 Å². The number of carbonyl (C=O) groups excluding carboxylic acids is 1. The van der Waals surface area contributed by atoms with Crippen LogP contribution in [0.1, 0.15) is 37.3 Å². The van der Waals surface area contributed by atoms with E-state index in [1.165, 1.54) is 17.5 Å². The van der Waals surface area contributed by atoms with Crippen LogP contribution < -0.4 is 9.47 Å². The lowest BCUT2D eigenvalue weighted by molar-refractivity contribution is -0.132. The molecule has 2 aliphatic carbocycles. The molecule has 1 aromatic rings. The number of Topliss-reactive ketones (excluding diaryl/α,β-unsaturated/α-hetero) is 1. The van der Waals surface area contributed by atoms with Gasteiger partial charge in [-0.15, -0.1) is 0 Å². The standard InChI is InChI=1S/C16H18O3/c1-16-10-5-3-9-4-8-12(18-2)14(13(9)16)19-15(16)11(17)7-6-10/h4,8,10,15H,3,5-7H2,1-2H3. The zero-order valence-corrected chi connectivity index (χ0v) is 11.4. The van der Waals surface area contributed by atoms with Crippen molar-refractivity contribution < 1.29 is 14.3 Å². The first-order valence-electron chi connectivity index (χ1n) is 7.06. The average Bonchev–Trinajstić information content (AvgIpc) is 2.74. The summed E-state index contributed by atoms with van der Waals surface area (Å²) in [5.74, 6) is 2.41. The van der Waals surface area contributed by atoms with Crippen LogP contribution in [-0.2, 0) is 16.6 Å². The number of ketones is 1. The van der Waals surface area contributed by atoms with Crippen LogP contribution >= 0.6 is 0 Å². The quantitative estimate of drug-likeness (QED) is 0.777. The summed E-state index contributed by atoms with van der Waals surface area (Å²) in [6.07, 6.45) is 3.64. The predicted molar refractivity (Wildman–Crippen MR) is 70.8 cm³/mol. The summed E-state index contributed by atoms with van der Waals surface area (Å²) >= 11 is 0. The van der Waals surface area contributed by atoms with Crippen LogP contribution in [0.5, 0.6) is 11.5 Å². The molecule has 3 nitrogen and oxygen atoms in total. The van der Waals surface area contributed by atoms with E-state index in [9.17, 15) is 4.79 Å². The van der Waals surface area contributed by atoms with Gasteiger partial charge in [0.25, 0.3) is 0 Å². The van der Waals surface area contributed by atoms with Crippen molar-refractivity contribution in [2.75, 3.05) is 7.11 Å². The van der Waals surface area contributed by atoms with E-state index < -0.39 is 0 Å². The third-order valence-electron chi connectivity index (χ3n) is 5.39. The van der Waals surface area contributed by atoms with Gasteiger partial charge in [0.2, 0.25) is 0 Å². The maximum Gasteiger partial charge on any atom is 0.174 e. The second-order valence-corrected chi connectivity index (χ2v) is 6.15. The zero-order valence-electron chi connectivity index (χ0n) is 11.4. The maximum absolute atomic E-state index is 12.3. The molecular weight excluding hydrogens is 240 g/mol. The number of hydrogen-bond donors (Lipinski definition) is 0. The number of ether oxygens (including phenoxy) is 2. The van der Waals surface area contributed by atoms with Crippen molar-refractivity contribution in [3.05, 3.63) is 23.3 Å². The van der Waals surface area contributed by atoms with Crippen LogP contribution in [0.25, 0.3) is 0 Å². The molecule has 0 saturated heterocycles. The zero-order chi connectivity index (χ0) is 13.2. The molecule has 4 rings (SSSR count). The van der Waals surface area contributed by atoms with Crippen LogP contribution in [0.15, 0.2) is 12.1 Å². The Labute approximate surface area is 112 Å². The lowest BCUT2D eigenvalue weighted by Gasteiger charge is -2.44. The second kappa shape index (κ2) is 3.53. The monoisotopic (exact) mass is 258 g/mol. The molecule has 3 atom stereocenters. The highest BCUT2D eigenvalue weighted by molar-refractivity contribution is 5.88. The van der Waals surface area contributed by atoms with Gasteiger partial charge >= 0.3 is 0 Å². The van der Waals surface area contributed by atoms with E-state index in [4.69, 9.17) is 9.47 Å². The van der Waals surface area contributed by atoms with Gasteiger partial charge < -0.3 is 9.47 Å². The summed E-state index contributed by atoms with van der Waals surface area (Å²) in [7, 11) is 1.66. The van der Waals surface area contributed by atoms with Crippen molar-refractivity contribution >= 4 is 5.78 Å². The van der Waals surface area contributed by atoms with Crippen molar-refractivity contribution in [3.8, 4) is 11.5 Å². The first-order valence-corrected chi connectivity index (χ1v) is 7.06. The summed E-state index contributed by atoms with van der Waals surface area (Å²) in [5.41, 5.74) is 2.46. The van der Waals surface area contributed by atoms with Crippen molar-refractivity contribution in [2.24, 2.45) is 5.92 Å². The number of methoxy groups -OCH3 is 1. The van der Waals surface area contributed by atoms with E-state index in [0.29, 0.717) is 12.3 Å². The van der Waals surface area contributed by atoms with Gasteiger partial charge in [-0.25, -0.2) is 0 Å². The fourth-order valence-corrected chi connectivity index (χ4v) is 4.39. The third kappa shape index (κ3) is 1.21. The van der Waals surface area contributed by atoms with Crippen molar-refractivity contribution in [1.82, 2.24) is 0 Å². The molecule has 3 heteroatoms. The highest BCUT2D eigenvalue weighted by atomic mass is 16.5. The molecule has 1 saturated carbocycles. The Hall–Kier alpha value is -1.51. The Kier molecular flexibility index (Phi) is 2.10. The summed E-state index contributed by atoms with van der Waals surface area (Å²) in [6, 6.07) is 4.11. The van der Waals surface area contributed by atoms with Gasteiger partial charge in [-0.2, -0.15) is 0 Å². The van der Waals surface area contributed by atoms with Crippen molar-refractivity contribution in [2.45, 2.75) is 44.1 Å². The Balaban J connectivity index is 2.00. The number of carbonyl (C=O) groups is 1. The van der Waals surface area contributed by atoms with E-state index in [-0.39, 0.29) is 17.3 Å². The lowest BCUT2D eigenvalue weighted by Crippen LogP contribution is -2.52. The fraction of sp³-hybridized carbons (Fsp3) is 0.562. The minimum atomic E-state index is -0.295. The van der Waals surface area contributed by atoms with Gasteiger partial charge in [0.1, 0.15) is 0 Å². The number of benzene rings is 1. The Morgan fingerprint density at radius 3 is 2.89 bits per heavy atom. The number of aryl methyl sites for hydroxylation is 1. The smallest absolute Gasteiger partial charge is 0.174 e. The second-order valence-electron chi connectivity index (χ2n) is 6.15. The van der Waals surface area contributed by atoms with Crippen LogP contribution in [0, 0.1) is 5.92 Å². The van der Waals surface area contributed by atoms with Crippen molar-refractivity contribution in [1.29, 1.82) is 0 Å². The molecule has 1 aliphatic heterocycles. The third-order valence-corrected chi connectivity index (χ3v) is 5.39. The van der Waals surface area contributed by atoms with Crippen molar-refractivity contribution in [3.63, 3.8) is 0 Å². The molecule has 100 valence electrons. The van der Waals surface area contributed by atoms with Gasteiger partial charge in [0.15, 0.2) is 23.4 Å². The molecule has 0 spiro atoms. The molecule has 0 amide bonds. The largest absolute Gasteiger partial charge is 0.493 e. The van der Waals surface area contributed by atoms with Gasteiger partial charge in [-0.3, -0.25) is 4.79 Å². The minimum Gasteiger partial charge on any atom is -0.493 e. The van der Waals surface area contributed by atoms with E-state index in [1.54, 1.807) is 7.11 Å². The van der Waals surface area contributed by atoms with Gasteiger partial charge in [0.05, 0.1) is 7.11 Å². The molecule has 0 N–H and O–H groups in total. The first-order chi connectivity index (χ1) is 9.16. The van der Waals surface area contributed by atoms with Crippen LogP contribution in [0.2, 0.25) is 0 Å². The maximum atomic E-state index is 12.3. The molecule has 3 unspecified atom stereocenters. The average molecular weight is 258 g/mol. The van der Waals surface area contributed by atoms with E-state index in [1.807, 2.05) is 6.07 Å². The van der Waals surface area contributed by atoms with E-state index in [0.717, 1.165) is 24.3 Å². The first kappa shape index (κ1) is 11.3. The Morgan fingerprint density at radius 2 is 2.11 bits per heavy atom. The SMILES string of the molecule is COc1ccc2c3c1OC1C(=O)CCC(CC2)C31C. The van der Waals surface area contributed by atoms with Gasteiger partial charge in [-0.05, 0) is 36.8 Å². The Bertz CT molecular complexity index is 578. The summed E-state index contributed by atoms with van der Waals surface area (Å²) < 4.78 is 11.5. The lowest BCUT2D eigenvalue weighted by atomic mass is 9.57. The minimum absolute atomic E-state index is 0.132. The highest BCUT2D eigenvalue weighted by Gasteiger charge is 2.58. The van der Waals surface area contributed by atoms with E-state index >= 15 is 0 Å². The van der Waals surface area contributed by atoms with Gasteiger partial charge in [0, 0.05) is 17.4 Å². The Morgan fingerprint density at radius 1 is 1.32 bits per heavy atom. The number of rotatable bonds is 1. The summed E-state index contributed by atoms with van der Waals surface area (Å²) in [6.45, 7) is 2.22. The molecule has 1 aromatic carbocycles. The molecule has 3 aliphatic rings. The van der Waals surface area contributed by atoms with Crippen LogP contribution in [0.4, 0.5) is 0 Å². The molecule has 19 heavy (non-hydrogen) atoms. The predicted octanol–water partition coefficient (Wildman–Crippen LogP) is 2.64. The highest BCUT2D eigenvalue weighted by Crippen LogP contribution is 2.59. The molecule has 1 fully saturated rings. The fourth-order valence-electron chi connectivity index (χ4n) is 4.39. The molecule has 1 heterocycles. The summed E-state index contributed by atoms with van der Waals surface area (Å²) in [4.78, 5) is 12.3. The van der Waals surface area contributed by atoms with Gasteiger partial charge in [-0.1, -0.05) is 13.0 Å². The van der Waals surface area contributed by atoms with Crippen LogP contribution in [-0.4, -0.2) is 19.0 Å².